The van der Waals surface area contributed by atoms with Gasteiger partial charge in [-0.05, 0) is 19.1 Å². The predicted molar refractivity (Wildman–Crippen MR) is 150 cm³/mol. The molecule has 5 heterocycles. The Labute approximate surface area is 241 Å². The number of nitrogens with zero attached hydrogens (tertiary/aromatic N) is 6. The van der Waals surface area contributed by atoms with Gasteiger partial charge in [0.15, 0.2) is 17.5 Å². The number of hydrogen-bond donors (Lipinski definition) is 2. The highest BCUT2D eigenvalue weighted by Gasteiger charge is 2.43. The molecule has 0 amide bonds. The molecule has 10 nitrogen and oxygen atoms in total. The van der Waals surface area contributed by atoms with Crippen molar-refractivity contribution in [2.75, 3.05) is 58.6 Å². The molecule has 0 radical (unpaired) electrons. The fourth-order valence-electron chi connectivity index (χ4n) is 5.48. The zero-order chi connectivity index (χ0) is 29.3. The van der Waals surface area contributed by atoms with Gasteiger partial charge in [0.2, 0.25) is 5.67 Å². The Morgan fingerprint density at radius 1 is 1.07 bits per heavy atom. The van der Waals surface area contributed by atoms with Gasteiger partial charge in [0, 0.05) is 68.7 Å². The Morgan fingerprint density at radius 2 is 1.79 bits per heavy atom. The van der Waals surface area contributed by atoms with Gasteiger partial charge in [-0.1, -0.05) is 18.2 Å². The molecule has 2 fully saturated rings. The summed E-state index contributed by atoms with van der Waals surface area (Å²) in [5, 5.41) is 11.9. The second-order valence-electron chi connectivity index (χ2n) is 10.7. The van der Waals surface area contributed by atoms with Crippen LogP contribution < -0.4 is 10.6 Å². The number of halogens is 3. The van der Waals surface area contributed by atoms with Crippen molar-refractivity contribution in [2.45, 2.75) is 24.7 Å². The van der Waals surface area contributed by atoms with Gasteiger partial charge in [0.25, 0.3) is 0 Å². The lowest BCUT2D eigenvalue weighted by molar-refractivity contribution is -0.140. The number of ether oxygens (including phenoxy) is 2. The average Bonchev–Trinajstić information content (AvgIpc) is 3.66. The standard InChI is InChI=1S/C29H33F3N8O2/c1-19-26(20-10-33-28(34-11-20)29(32)16-42-17-29)37-40(21-6-4-3-5-7-21)27(19)36-18-35-24-14-38(8-9-41-2)15-25(24)39-12-22(30)23(31)13-39/h3-7,10-13,24-25,35-36H,8-9,14-18H2,1-2H3/t24-,25-/m1/s1. The van der Waals surface area contributed by atoms with Crippen LogP contribution in [0.25, 0.3) is 16.9 Å². The van der Waals surface area contributed by atoms with Crippen LogP contribution in [0.2, 0.25) is 0 Å². The molecule has 0 bridgehead atoms. The summed E-state index contributed by atoms with van der Waals surface area (Å²) in [5.74, 6) is -0.868. The van der Waals surface area contributed by atoms with E-state index in [1.54, 1.807) is 24.1 Å². The molecule has 1 aromatic carbocycles. The summed E-state index contributed by atoms with van der Waals surface area (Å²) in [4.78, 5) is 10.8. The summed E-state index contributed by atoms with van der Waals surface area (Å²) >= 11 is 0. The van der Waals surface area contributed by atoms with Crippen molar-refractivity contribution in [3.63, 3.8) is 0 Å². The zero-order valence-electron chi connectivity index (χ0n) is 23.4. The van der Waals surface area contributed by atoms with Crippen molar-refractivity contribution in [1.29, 1.82) is 0 Å². The summed E-state index contributed by atoms with van der Waals surface area (Å²) in [7, 11) is 1.65. The quantitative estimate of drug-likeness (QED) is 0.260. The molecule has 222 valence electrons. The normalized spacial score (nSPS) is 20.1. The van der Waals surface area contributed by atoms with Gasteiger partial charge >= 0.3 is 0 Å². The summed E-state index contributed by atoms with van der Waals surface area (Å²) in [6, 6.07) is 9.44. The number of likely N-dealkylation sites (tertiary alicyclic amines) is 1. The van der Waals surface area contributed by atoms with Crippen molar-refractivity contribution in [1.82, 2.24) is 34.5 Å². The van der Waals surface area contributed by atoms with E-state index in [0.29, 0.717) is 44.2 Å². The van der Waals surface area contributed by atoms with E-state index >= 15 is 0 Å². The first-order chi connectivity index (χ1) is 20.4. The monoisotopic (exact) mass is 582 g/mol. The van der Waals surface area contributed by atoms with Gasteiger partial charge in [-0.3, -0.25) is 10.2 Å². The molecular formula is C29H33F3N8O2. The lowest BCUT2D eigenvalue weighted by Gasteiger charge is -2.31. The number of nitrogens with one attached hydrogen (secondary N) is 2. The molecule has 2 aliphatic rings. The Morgan fingerprint density at radius 3 is 2.43 bits per heavy atom. The van der Waals surface area contributed by atoms with Crippen LogP contribution >= 0.6 is 0 Å². The summed E-state index contributed by atoms with van der Waals surface area (Å²) < 4.78 is 56.1. The summed E-state index contributed by atoms with van der Waals surface area (Å²) in [6.07, 6.45) is 5.58. The largest absolute Gasteiger partial charge is 0.383 e. The number of anilines is 1. The first-order valence-corrected chi connectivity index (χ1v) is 13.8. The molecule has 0 spiro atoms. The van der Waals surface area contributed by atoms with E-state index in [2.05, 4.69) is 25.5 Å². The lowest BCUT2D eigenvalue weighted by atomic mass is 10.0. The Balaban J connectivity index is 1.23. The van der Waals surface area contributed by atoms with E-state index in [4.69, 9.17) is 14.6 Å². The van der Waals surface area contributed by atoms with Crippen molar-refractivity contribution in [3.05, 3.63) is 78.1 Å². The lowest BCUT2D eigenvalue weighted by Crippen LogP contribution is -2.43. The molecule has 3 aromatic heterocycles. The minimum atomic E-state index is -1.65. The number of aromatic nitrogens is 5. The van der Waals surface area contributed by atoms with Crippen LogP contribution in [-0.2, 0) is 15.1 Å². The maximum atomic E-state index is 14.7. The van der Waals surface area contributed by atoms with Gasteiger partial charge in [-0.25, -0.2) is 27.8 Å². The fourth-order valence-corrected chi connectivity index (χ4v) is 5.48. The highest BCUT2D eigenvalue weighted by Crippen LogP contribution is 2.33. The van der Waals surface area contributed by atoms with Gasteiger partial charge in [0.1, 0.15) is 11.5 Å². The number of rotatable bonds is 11. The average molecular weight is 583 g/mol. The molecule has 2 aliphatic heterocycles. The van der Waals surface area contributed by atoms with Crippen LogP contribution in [0, 0.1) is 18.6 Å². The molecule has 0 unspecified atom stereocenters. The summed E-state index contributed by atoms with van der Waals surface area (Å²) in [5.41, 5.74) is 1.38. The Kier molecular flexibility index (Phi) is 7.99. The van der Waals surface area contributed by atoms with Gasteiger partial charge in [0.05, 0.1) is 38.2 Å². The van der Waals surface area contributed by atoms with Crippen molar-refractivity contribution in [2.24, 2.45) is 0 Å². The molecule has 13 heteroatoms. The van der Waals surface area contributed by atoms with E-state index in [1.165, 1.54) is 12.4 Å². The van der Waals surface area contributed by atoms with E-state index < -0.39 is 17.3 Å². The molecular weight excluding hydrogens is 549 g/mol. The Hall–Kier alpha value is -3.78. The van der Waals surface area contributed by atoms with Crippen LogP contribution in [0.15, 0.2) is 55.1 Å². The Bertz CT molecular complexity index is 1490. The van der Waals surface area contributed by atoms with Crippen LogP contribution in [0.4, 0.5) is 19.0 Å². The third-order valence-corrected chi connectivity index (χ3v) is 7.84. The van der Waals surface area contributed by atoms with Gasteiger partial charge in [-0.2, -0.15) is 5.10 Å². The van der Waals surface area contributed by atoms with Crippen molar-refractivity contribution < 1.29 is 22.6 Å². The van der Waals surface area contributed by atoms with E-state index in [1.807, 2.05) is 41.9 Å². The van der Waals surface area contributed by atoms with Crippen molar-refractivity contribution in [3.8, 4) is 16.9 Å². The van der Waals surface area contributed by atoms with E-state index in [0.717, 1.165) is 17.1 Å². The van der Waals surface area contributed by atoms with Gasteiger partial charge in [-0.15, -0.1) is 0 Å². The molecule has 6 rings (SSSR count). The molecule has 2 atom stereocenters. The zero-order valence-corrected chi connectivity index (χ0v) is 23.4. The molecule has 42 heavy (non-hydrogen) atoms. The number of hydrogen-bond acceptors (Lipinski definition) is 8. The second-order valence-corrected chi connectivity index (χ2v) is 10.7. The third-order valence-electron chi connectivity index (χ3n) is 7.84. The molecule has 2 saturated heterocycles. The maximum Gasteiger partial charge on any atom is 0.215 e. The number of alkyl halides is 1. The minimum absolute atomic E-state index is 0.0463. The fraction of sp³-hybridized carbons (Fsp3) is 0.414. The van der Waals surface area contributed by atoms with Crippen LogP contribution in [-0.4, -0.2) is 88.5 Å². The number of para-hydroxylation sites is 1. The van der Waals surface area contributed by atoms with E-state index in [-0.39, 0.29) is 31.1 Å². The summed E-state index contributed by atoms with van der Waals surface area (Å²) in [6.45, 7) is 4.81. The first-order valence-electron chi connectivity index (χ1n) is 13.8. The van der Waals surface area contributed by atoms with Crippen LogP contribution in [0.1, 0.15) is 17.4 Å². The van der Waals surface area contributed by atoms with E-state index in [9.17, 15) is 13.2 Å². The topological polar surface area (TPSA) is 94.3 Å². The predicted octanol–water partition coefficient (Wildman–Crippen LogP) is 3.44. The maximum absolute atomic E-state index is 14.7. The highest BCUT2D eigenvalue weighted by molar-refractivity contribution is 5.69. The smallest absolute Gasteiger partial charge is 0.215 e. The first kappa shape index (κ1) is 28.3. The van der Waals surface area contributed by atoms with Crippen LogP contribution in [0.3, 0.4) is 0 Å². The van der Waals surface area contributed by atoms with Crippen molar-refractivity contribution >= 4 is 5.82 Å². The number of methoxy groups -OCH3 is 1. The second kappa shape index (κ2) is 11.8. The van der Waals surface area contributed by atoms with Gasteiger partial charge < -0.3 is 19.4 Å². The third kappa shape index (κ3) is 5.52. The number of benzene rings is 1. The molecule has 4 aromatic rings. The van der Waals surface area contributed by atoms with Crippen LogP contribution in [0.5, 0.6) is 0 Å². The SMILES string of the molecule is COCCN1C[C@@H](n2cc(F)c(F)c2)[C@H](NCNc2c(C)c(-c3cnc(C4(F)COC4)nc3)nn2-c2ccccc2)C1. The molecule has 0 saturated carbocycles. The molecule has 0 aliphatic carbocycles. The minimum Gasteiger partial charge on any atom is -0.383 e. The molecule has 2 N–H and O–H groups in total. The highest BCUT2D eigenvalue weighted by atomic mass is 19.2.